The van der Waals surface area contributed by atoms with Crippen LogP contribution in [0.2, 0.25) is 0 Å². The molecule has 0 bridgehead atoms. The number of carbonyl (C=O) groups is 1. The first-order valence-electron chi connectivity index (χ1n) is 2.52. The maximum absolute atomic E-state index is 10.5. The predicted molar refractivity (Wildman–Crippen MR) is 26.1 cm³/mol. The Morgan fingerprint density at radius 2 is 2.50 bits per heavy atom. The summed E-state index contributed by atoms with van der Waals surface area (Å²) >= 11 is 0. The van der Waals surface area contributed by atoms with E-state index in [1.165, 1.54) is 5.01 Å². The zero-order valence-electron chi connectivity index (χ0n) is 4.42. The maximum atomic E-state index is 10.5. The molecule has 0 aliphatic carbocycles. The second kappa shape index (κ2) is 1.90. The first-order chi connectivity index (χ1) is 3.84. The molecule has 1 rings (SSSR count). The first-order valence-corrected chi connectivity index (χ1v) is 2.52. The summed E-state index contributed by atoms with van der Waals surface area (Å²) in [5.41, 5.74) is 6.46. The molecule has 4 heteroatoms. The number of hydrogen-bond acceptors (Lipinski definition) is 3. The largest absolute Gasteiger partial charge is 0.273 e. The summed E-state index contributed by atoms with van der Waals surface area (Å²) in [6.45, 7) is 0.627. The molecule has 0 radical (unpaired) electrons. The Hall–Kier alpha value is -0.930. The van der Waals surface area contributed by atoms with Gasteiger partial charge in [0.1, 0.15) is 0 Å². The van der Waals surface area contributed by atoms with E-state index in [9.17, 15) is 4.79 Å². The Balaban J connectivity index is 2.54. The molecule has 1 N–H and O–H groups in total. The van der Waals surface area contributed by atoms with Crippen LogP contribution in [0, 0.1) is 5.53 Å². The quantitative estimate of drug-likeness (QED) is 0.496. The molecule has 1 fully saturated rings. The van der Waals surface area contributed by atoms with E-state index >= 15 is 0 Å². The molecule has 0 aromatic heterocycles. The van der Waals surface area contributed by atoms with Gasteiger partial charge in [0, 0.05) is 13.0 Å². The van der Waals surface area contributed by atoms with Crippen LogP contribution in [0.3, 0.4) is 0 Å². The molecule has 0 aromatic carbocycles. The summed E-state index contributed by atoms with van der Waals surface area (Å²) in [6, 6.07) is 0. The Labute approximate surface area is 47.0 Å². The van der Waals surface area contributed by atoms with Gasteiger partial charge in [-0.05, 0) is 6.42 Å². The van der Waals surface area contributed by atoms with Crippen LogP contribution in [0.25, 0.3) is 0 Å². The molecule has 1 saturated heterocycles. The normalized spacial score (nSPS) is 19.5. The lowest BCUT2D eigenvalue weighted by Crippen LogP contribution is -2.16. The molecule has 1 aliphatic heterocycles. The molecular weight excluding hydrogens is 106 g/mol. The maximum Gasteiger partial charge on any atom is 0.244 e. The minimum absolute atomic E-state index is 0.0278. The predicted octanol–water partition coefficient (Wildman–Crippen LogP) is 0.555. The average Bonchev–Trinajstić information content (AvgIpc) is 2.14. The van der Waals surface area contributed by atoms with Gasteiger partial charge in [-0.1, -0.05) is 5.22 Å². The van der Waals surface area contributed by atoms with Crippen LogP contribution in [-0.4, -0.2) is 17.5 Å². The molecule has 4 nitrogen and oxygen atoms in total. The zero-order chi connectivity index (χ0) is 5.98. The van der Waals surface area contributed by atoms with Crippen LogP contribution in [0.5, 0.6) is 0 Å². The van der Waals surface area contributed by atoms with E-state index in [1.54, 1.807) is 0 Å². The van der Waals surface area contributed by atoms with Gasteiger partial charge in [-0.25, -0.2) is 5.01 Å². The molecule has 0 unspecified atom stereocenters. The van der Waals surface area contributed by atoms with Crippen LogP contribution >= 0.6 is 0 Å². The van der Waals surface area contributed by atoms with Gasteiger partial charge in [0.2, 0.25) is 5.91 Å². The van der Waals surface area contributed by atoms with Crippen LogP contribution in [0.15, 0.2) is 5.22 Å². The highest BCUT2D eigenvalue weighted by atomic mass is 16.2. The fourth-order valence-corrected chi connectivity index (χ4v) is 0.740. The Morgan fingerprint density at radius 3 is 2.75 bits per heavy atom. The van der Waals surface area contributed by atoms with E-state index in [0.717, 1.165) is 6.42 Å². The molecule has 1 heterocycles. The van der Waals surface area contributed by atoms with Crippen molar-refractivity contribution in [3.8, 4) is 0 Å². The standard InChI is InChI=1S/C4H7N3O/c5-6-7-3-1-2-4(7)8/h5H,1-3H2. The van der Waals surface area contributed by atoms with Crippen molar-refractivity contribution in [3.05, 3.63) is 0 Å². The molecule has 1 amide bonds. The molecule has 0 atom stereocenters. The average molecular weight is 113 g/mol. The molecule has 1 aliphatic rings. The van der Waals surface area contributed by atoms with Gasteiger partial charge >= 0.3 is 0 Å². The van der Waals surface area contributed by atoms with Gasteiger partial charge in [-0.2, -0.15) is 5.53 Å². The van der Waals surface area contributed by atoms with Crippen LogP contribution in [-0.2, 0) is 4.79 Å². The van der Waals surface area contributed by atoms with Crippen molar-refractivity contribution in [2.45, 2.75) is 12.8 Å². The van der Waals surface area contributed by atoms with Gasteiger partial charge in [0.15, 0.2) is 0 Å². The number of amides is 1. The van der Waals surface area contributed by atoms with E-state index in [0.29, 0.717) is 13.0 Å². The van der Waals surface area contributed by atoms with Gasteiger partial charge in [-0.3, -0.25) is 4.79 Å². The third kappa shape index (κ3) is 0.685. The van der Waals surface area contributed by atoms with Crippen molar-refractivity contribution < 1.29 is 4.79 Å². The highest BCUT2D eigenvalue weighted by Gasteiger charge is 2.18. The molecule has 8 heavy (non-hydrogen) atoms. The minimum Gasteiger partial charge on any atom is -0.273 e. The van der Waals surface area contributed by atoms with Crippen LogP contribution in [0.4, 0.5) is 0 Å². The van der Waals surface area contributed by atoms with Crippen molar-refractivity contribution >= 4 is 5.91 Å². The second-order valence-corrected chi connectivity index (χ2v) is 1.72. The van der Waals surface area contributed by atoms with E-state index in [4.69, 9.17) is 5.53 Å². The second-order valence-electron chi connectivity index (χ2n) is 1.72. The molecule has 0 spiro atoms. The lowest BCUT2D eigenvalue weighted by molar-refractivity contribution is -0.128. The number of nitrogens with one attached hydrogen (secondary N) is 1. The third-order valence-electron chi connectivity index (χ3n) is 1.17. The van der Waals surface area contributed by atoms with Gasteiger partial charge in [0.25, 0.3) is 0 Å². The van der Waals surface area contributed by atoms with Crippen molar-refractivity contribution in [1.82, 2.24) is 5.01 Å². The van der Waals surface area contributed by atoms with Gasteiger partial charge < -0.3 is 0 Å². The molecular formula is C4H7N3O. The number of carbonyl (C=O) groups excluding carboxylic acids is 1. The topological polar surface area (TPSA) is 56.5 Å². The van der Waals surface area contributed by atoms with Crippen molar-refractivity contribution in [2.24, 2.45) is 5.22 Å². The van der Waals surface area contributed by atoms with Crippen LogP contribution < -0.4 is 0 Å². The summed E-state index contributed by atoms with van der Waals surface area (Å²) in [5, 5.41) is 4.18. The lowest BCUT2D eigenvalue weighted by Gasteiger charge is -2.01. The number of hydrogen-bond donors (Lipinski definition) is 1. The van der Waals surface area contributed by atoms with E-state index in [-0.39, 0.29) is 5.91 Å². The van der Waals surface area contributed by atoms with E-state index in [1.807, 2.05) is 0 Å². The summed E-state index contributed by atoms with van der Waals surface area (Å²) < 4.78 is 0. The van der Waals surface area contributed by atoms with Crippen molar-refractivity contribution in [1.29, 1.82) is 5.53 Å². The summed E-state index contributed by atoms with van der Waals surface area (Å²) in [5.74, 6) is -0.0278. The molecule has 0 saturated carbocycles. The minimum atomic E-state index is -0.0278. The number of rotatable bonds is 1. The first kappa shape index (κ1) is 5.21. The van der Waals surface area contributed by atoms with Gasteiger partial charge in [0.05, 0.1) is 0 Å². The molecule has 44 valence electrons. The molecule has 0 aromatic rings. The highest BCUT2D eigenvalue weighted by Crippen LogP contribution is 2.08. The van der Waals surface area contributed by atoms with E-state index in [2.05, 4.69) is 5.22 Å². The smallest absolute Gasteiger partial charge is 0.244 e. The van der Waals surface area contributed by atoms with Crippen molar-refractivity contribution in [2.75, 3.05) is 6.54 Å². The fraction of sp³-hybridized carbons (Fsp3) is 0.750. The SMILES string of the molecule is N=NN1CCCC1=O. The van der Waals surface area contributed by atoms with Crippen molar-refractivity contribution in [3.63, 3.8) is 0 Å². The summed E-state index contributed by atoms with van der Waals surface area (Å²) in [7, 11) is 0. The Kier molecular flexibility index (Phi) is 1.24. The van der Waals surface area contributed by atoms with Gasteiger partial charge in [-0.15, -0.1) is 0 Å². The Morgan fingerprint density at radius 1 is 1.75 bits per heavy atom. The summed E-state index contributed by atoms with van der Waals surface area (Å²) in [6.07, 6.45) is 1.41. The monoisotopic (exact) mass is 113 g/mol. The zero-order valence-corrected chi connectivity index (χ0v) is 4.42. The van der Waals surface area contributed by atoms with Crippen LogP contribution in [0.1, 0.15) is 12.8 Å². The highest BCUT2D eigenvalue weighted by molar-refractivity contribution is 5.77. The fourth-order valence-electron chi connectivity index (χ4n) is 0.740. The lowest BCUT2D eigenvalue weighted by atomic mass is 10.4. The number of nitrogens with zero attached hydrogens (tertiary/aromatic N) is 2. The third-order valence-corrected chi connectivity index (χ3v) is 1.17. The summed E-state index contributed by atoms with van der Waals surface area (Å²) in [4.78, 5) is 10.5. The van der Waals surface area contributed by atoms with E-state index < -0.39 is 0 Å². The Bertz CT molecular complexity index is 122.